The molecular formula is C26H38O7S. The number of carboxylic acids is 1. The number of carboxylic acid groups (broad SMARTS) is 1. The van der Waals surface area contributed by atoms with Gasteiger partial charge in [0.15, 0.2) is 12.6 Å². The normalized spacial score (nSPS) is 32.6. The van der Waals surface area contributed by atoms with E-state index in [-0.39, 0.29) is 31.0 Å². The number of aliphatic hydroxyl groups excluding tert-OH is 1. The van der Waals surface area contributed by atoms with Crippen LogP contribution in [0.15, 0.2) is 29.3 Å². The Morgan fingerprint density at radius 3 is 2.56 bits per heavy atom. The number of thiophene rings is 1. The van der Waals surface area contributed by atoms with Gasteiger partial charge in [0.2, 0.25) is 0 Å². The highest BCUT2D eigenvalue weighted by Crippen LogP contribution is 2.43. The van der Waals surface area contributed by atoms with Crippen LogP contribution in [0.25, 0.3) is 0 Å². The van der Waals surface area contributed by atoms with Gasteiger partial charge in [-0.1, -0.05) is 6.07 Å². The lowest BCUT2D eigenvalue weighted by atomic mass is 9.88. The van der Waals surface area contributed by atoms with E-state index in [0.717, 1.165) is 57.8 Å². The molecule has 2 unspecified atom stereocenters. The van der Waals surface area contributed by atoms with Crippen LogP contribution in [0.2, 0.25) is 0 Å². The van der Waals surface area contributed by atoms with Gasteiger partial charge in [0.05, 0.1) is 25.2 Å². The highest BCUT2D eigenvalue weighted by molar-refractivity contribution is 7.09. The molecule has 34 heavy (non-hydrogen) atoms. The van der Waals surface area contributed by atoms with E-state index in [1.807, 2.05) is 0 Å². The van der Waals surface area contributed by atoms with Gasteiger partial charge in [-0.15, -0.1) is 11.3 Å². The second kappa shape index (κ2) is 13.0. The van der Waals surface area contributed by atoms with Crippen molar-refractivity contribution in [3.05, 3.63) is 34.2 Å². The zero-order chi connectivity index (χ0) is 23.8. The van der Waals surface area contributed by atoms with Crippen LogP contribution in [0.3, 0.4) is 0 Å². The van der Waals surface area contributed by atoms with E-state index < -0.39 is 18.0 Å². The molecule has 0 amide bonds. The number of ether oxygens (including phenoxy) is 4. The number of aliphatic carboxylic acids is 1. The molecule has 1 aromatic heterocycles. The van der Waals surface area contributed by atoms with E-state index in [2.05, 4.69) is 23.6 Å². The van der Waals surface area contributed by atoms with Crippen LogP contribution in [0, 0.1) is 11.8 Å². The first-order chi connectivity index (χ1) is 16.6. The highest BCUT2D eigenvalue weighted by atomic mass is 32.1. The third kappa shape index (κ3) is 7.28. The summed E-state index contributed by atoms with van der Waals surface area (Å²) in [6, 6.07) is 4.21. The molecule has 0 spiro atoms. The molecule has 1 saturated carbocycles. The van der Waals surface area contributed by atoms with Crippen molar-refractivity contribution in [2.24, 2.45) is 11.8 Å². The summed E-state index contributed by atoms with van der Waals surface area (Å²) in [5, 5.41) is 22.5. The van der Waals surface area contributed by atoms with Gasteiger partial charge < -0.3 is 29.2 Å². The Kier molecular flexibility index (Phi) is 9.82. The lowest BCUT2D eigenvalue weighted by Crippen LogP contribution is -2.35. The fraction of sp³-hybridized carbons (Fsp3) is 0.731. The SMILES string of the molecule is O=C(O)C[C@@H]1[C@H](C(=CCCCc2cccs2)OC2CCCCO2)[C@@H](OC2CCCCO2)C[C@@H]1O. The third-order valence-electron chi connectivity index (χ3n) is 6.99. The molecule has 8 heteroatoms. The van der Waals surface area contributed by atoms with Crippen molar-refractivity contribution in [1.29, 1.82) is 0 Å². The quantitative estimate of drug-likeness (QED) is 0.334. The predicted molar refractivity (Wildman–Crippen MR) is 128 cm³/mol. The summed E-state index contributed by atoms with van der Waals surface area (Å²) in [7, 11) is 0. The molecule has 7 nitrogen and oxygen atoms in total. The maximum absolute atomic E-state index is 11.7. The van der Waals surface area contributed by atoms with E-state index in [0.29, 0.717) is 25.4 Å². The Morgan fingerprint density at radius 2 is 1.91 bits per heavy atom. The minimum Gasteiger partial charge on any atom is -0.481 e. The van der Waals surface area contributed by atoms with Crippen molar-refractivity contribution in [2.75, 3.05) is 13.2 Å². The maximum atomic E-state index is 11.7. The second-order valence-electron chi connectivity index (χ2n) is 9.55. The van der Waals surface area contributed by atoms with Crippen LogP contribution in [-0.4, -0.2) is 54.2 Å². The summed E-state index contributed by atoms with van der Waals surface area (Å²) in [4.78, 5) is 13.0. The zero-order valence-electron chi connectivity index (χ0n) is 19.8. The molecule has 1 aromatic rings. The predicted octanol–water partition coefficient (Wildman–Crippen LogP) is 4.88. The molecular weight excluding hydrogens is 456 g/mol. The molecule has 4 rings (SSSR count). The average molecular weight is 495 g/mol. The lowest BCUT2D eigenvalue weighted by molar-refractivity contribution is -0.201. The Bertz CT molecular complexity index is 768. The fourth-order valence-corrected chi connectivity index (χ4v) is 6.03. The van der Waals surface area contributed by atoms with Crippen LogP contribution in [-0.2, 0) is 30.2 Å². The standard InChI is InChI=1S/C26H38O7S/c27-20-17-22(33-25-12-4-6-14-31-25)26(19(20)16-23(28)29)21(32-24-11-3-5-13-30-24)10-2-1-8-18-9-7-15-34-18/h7,9-10,15,19-20,22,24-27H,1-6,8,11-14,16-17H2,(H,28,29)/t19-,20-,22-,24?,25?,26+/m0/s1. The number of rotatable bonds is 11. The first-order valence-corrected chi connectivity index (χ1v) is 13.7. The number of allylic oxidation sites excluding steroid dienone is 1. The fourth-order valence-electron chi connectivity index (χ4n) is 5.28. The Labute approximate surface area is 206 Å². The molecule has 2 N–H and O–H groups in total. The van der Waals surface area contributed by atoms with Crippen molar-refractivity contribution >= 4 is 17.3 Å². The zero-order valence-corrected chi connectivity index (χ0v) is 20.6. The molecule has 6 atom stereocenters. The van der Waals surface area contributed by atoms with Gasteiger partial charge in [0, 0.05) is 36.2 Å². The molecule has 0 aromatic carbocycles. The highest BCUT2D eigenvalue weighted by Gasteiger charge is 2.48. The monoisotopic (exact) mass is 494 g/mol. The summed E-state index contributed by atoms with van der Waals surface area (Å²) in [5.74, 6) is -1.03. The molecule has 2 saturated heterocycles. The number of carbonyl (C=O) groups is 1. The summed E-state index contributed by atoms with van der Waals surface area (Å²) in [5.41, 5.74) is 0. The van der Waals surface area contributed by atoms with Crippen molar-refractivity contribution in [3.63, 3.8) is 0 Å². The number of unbranched alkanes of at least 4 members (excludes halogenated alkanes) is 1. The van der Waals surface area contributed by atoms with Gasteiger partial charge in [-0.2, -0.15) is 0 Å². The molecule has 2 aliphatic heterocycles. The Hall–Kier alpha value is -1.45. The Morgan fingerprint density at radius 1 is 1.15 bits per heavy atom. The maximum Gasteiger partial charge on any atom is 0.303 e. The summed E-state index contributed by atoms with van der Waals surface area (Å²) < 4.78 is 24.4. The van der Waals surface area contributed by atoms with Crippen LogP contribution in [0.1, 0.15) is 69.1 Å². The van der Waals surface area contributed by atoms with E-state index in [1.165, 1.54) is 4.88 Å². The molecule has 3 aliphatic rings. The summed E-state index contributed by atoms with van der Waals surface area (Å²) in [6.07, 6.45) is 9.08. The van der Waals surface area contributed by atoms with Crippen LogP contribution in [0.5, 0.6) is 0 Å². The minimum atomic E-state index is -0.922. The van der Waals surface area contributed by atoms with Gasteiger partial charge in [0.25, 0.3) is 0 Å². The number of aliphatic hydroxyl groups is 1. The van der Waals surface area contributed by atoms with E-state index >= 15 is 0 Å². The lowest BCUT2D eigenvalue weighted by Gasteiger charge is -2.33. The van der Waals surface area contributed by atoms with E-state index in [1.54, 1.807) is 11.3 Å². The largest absolute Gasteiger partial charge is 0.481 e. The number of hydrogen-bond donors (Lipinski definition) is 2. The molecule has 190 valence electrons. The van der Waals surface area contributed by atoms with Crippen molar-refractivity contribution in [1.82, 2.24) is 0 Å². The van der Waals surface area contributed by atoms with Gasteiger partial charge in [-0.25, -0.2) is 0 Å². The summed E-state index contributed by atoms with van der Waals surface area (Å²) in [6.45, 7) is 1.33. The van der Waals surface area contributed by atoms with Crippen molar-refractivity contribution in [3.8, 4) is 0 Å². The van der Waals surface area contributed by atoms with Crippen molar-refractivity contribution < 1.29 is 34.0 Å². The summed E-state index contributed by atoms with van der Waals surface area (Å²) >= 11 is 1.76. The third-order valence-corrected chi connectivity index (χ3v) is 7.93. The van der Waals surface area contributed by atoms with Gasteiger partial charge >= 0.3 is 5.97 Å². The van der Waals surface area contributed by atoms with Crippen LogP contribution in [0.4, 0.5) is 0 Å². The molecule has 3 heterocycles. The first-order valence-electron chi connectivity index (χ1n) is 12.8. The minimum absolute atomic E-state index is 0.126. The molecule has 0 bridgehead atoms. The van der Waals surface area contributed by atoms with E-state index in [9.17, 15) is 15.0 Å². The number of hydrogen-bond acceptors (Lipinski definition) is 7. The topological polar surface area (TPSA) is 94.5 Å². The average Bonchev–Trinajstić information content (AvgIpc) is 3.45. The van der Waals surface area contributed by atoms with Crippen molar-refractivity contribution in [2.45, 2.75) is 95.4 Å². The first kappa shape index (κ1) is 25.6. The van der Waals surface area contributed by atoms with Gasteiger partial charge in [0.1, 0.15) is 5.76 Å². The second-order valence-corrected chi connectivity index (χ2v) is 10.6. The van der Waals surface area contributed by atoms with E-state index in [4.69, 9.17) is 18.9 Å². The molecule has 1 aliphatic carbocycles. The molecule has 3 fully saturated rings. The smallest absolute Gasteiger partial charge is 0.303 e. The molecule has 0 radical (unpaired) electrons. The van der Waals surface area contributed by atoms with Gasteiger partial charge in [-0.05, 0) is 68.9 Å². The Balaban J connectivity index is 1.52. The number of aryl methyl sites for hydroxylation is 1. The van der Waals surface area contributed by atoms with Crippen LogP contribution < -0.4 is 0 Å². The van der Waals surface area contributed by atoms with Crippen LogP contribution >= 0.6 is 11.3 Å². The van der Waals surface area contributed by atoms with Gasteiger partial charge in [-0.3, -0.25) is 4.79 Å².